The number of carbonyl (C=O) groups is 2. The van der Waals surface area contributed by atoms with Crippen LogP contribution in [0, 0.1) is 0 Å². The minimum absolute atomic E-state index is 0.274. The van der Waals surface area contributed by atoms with Crippen LogP contribution in [-0.4, -0.2) is 46.8 Å². The second-order valence-electron chi connectivity index (χ2n) is 6.63. The van der Waals surface area contributed by atoms with Crippen LogP contribution in [0.4, 0.5) is 11.4 Å². The molecule has 154 valence electrons. The lowest BCUT2D eigenvalue weighted by molar-refractivity contribution is -0.119. The van der Waals surface area contributed by atoms with E-state index in [-0.39, 0.29) is 5.56 Å². The maximum absolute atomic E-state index is 12.3. The fourth-order valence-electron chi connectivity index (χ4n) is 3.12. The number of sulfonamides is 1. The number of aryl methyl sites for hydroxylation is 1. The van der Waals surface area contributed by atoms with Crippen LogP contribution >= 0.6 is 0 Å². The van der Waals surface area contributed by atoms with Gasteiger partial charge in [-0.15, -0.1) is 0 Å². The molecule has 1 amide bonds. The monoisotopic (exact) mass is 418 g/mol. The van der Waals surface area contributed by atoms with Gasteiger partial charge in [-0.1, -0.05) is 0 Å². The van der Waals surface area contributed by atoms with Crippen molar-refractivity contribution in [2.75, 3.05) is 36.1 Å². The summed E-state index contributed by atoms with van der Waals surface area (Å²) in [7, 11) is -1.82. The van der Waals surface area contributed by atoms with Gasteiger partial charge >= 0.3 is 5.97 Å². The lowest BCUT2D eigenvalue weighted by Gasteiger charge is -2.29. The molecule has 2 aromatic carbocycles. The smallest absolute Gasteiger partial charge is 0.338 e. The predicted molar refractivity (Wildman–Crippen MR) is 109 cm³/mol. The Hall–Kier alpha value is -3.07. The Balaban J connectivity index is 1.61. The van der Waals surface area contributed by atoms with E-state index in [0.29, 0.717) is 36.5 Å². The Bertz CT molecular complexity index is 1020. The van der Waals surface area contributed by atoms with Crippen LogP contribution in [0.5, 0.6) is 5.75 Å². The first-order valence-electron chi connectivity index (χ1n) is 8.99. The zero-order chi connectivity index (χ0) is 21.0. The molecule has 1 aliphatic heterocycles. The highest BCUT2D eigenvalue weighted by atomic mass is 32.2. The van der Waals surface area contributed by atoms with E-state index in [2.05, 4.69) is 5.32 Å². The van der Waals surface area contributed by atoms with E-state index in [0.717, 1.165) is 11.8 Å². The van der Waals surface area contributed by atoms with Gasteiger partial charge in [-0.2, -0.15) is 0 Å². The Morgan fingerprint density at radius 2 is 1.86 bits per heavy atom. The normalized spacial score (nSPS) is 13.4. The first kappa shape index (κ1) is 20.7. The Labute approximate surface area is 169 Å². The maximum Gasteiger partial charge on any atom is 0.338 e. The number of nitrogens with one attached hydrogen (secondary N) is 1. The third-order valence-corrected chi connectivity index (χ3v) is 5.68. The predicted octanol–water partition coefficient (Wildman–Crippen LogP) is 2.20. The number of anilines is 2. The average Bonchev–Trinajstić information content (AvgIpc) is 2.71. The SMILES string of the molecule is COc1ccc(NC(=O)COC(=O)c2ccc3c(c2)CCCN3S(C)(=O)=O)cc1. The number of nitrogens with zero attached hydrogens (tertiary/aromatic N) is 1. The Kier molecular flexibility index (Phi) is 6.07. The number of benzene rings is 2. The summed E-state index contributed by atoms with van der Waals surface area (Å²) >= 11 is 0. The van der Waals surface area contributed by atoms with Crippen molar-refractivity contribution in [3.63, 3.8) is 0 Å². The van der Waals surface area contributed by atoms with Crippen LogP contribution in [0.25, 0.3) is 0 Å². The van der Waals surface area contributed by atoms with Crippen molar-refractivity contribution in [3.8, 4) is 5.75 Å². The van der Waals surface area contributed by atoms with Gasteiger partial charge in [0.15, 0.2) is 6.61 Å². The standard InChI is InChI=1S/C20H22N2O6S/c1-27-17-8-6-16(7-9-17)21-19(23)13-28-20(24)15-5-10-18-14(12-15)4-3-11-22(18)29(2,25)26/h5-10,12H,3-4,11,13H2,1-2H3,(H,21,23). The minimum Gasteiger partial charge on any atom is -0.497 e. The topological polar surface area (TPSA) is 102 Å². The molecule has 0 fully saturated rings. The largest absolute Gasteiger partial charge is 0.497 e. The molecule has 0 saturated carbocycles. The summed E-state index contributed by atoms with van der Waals surface area (Å²) < 4.78 is 35.3. The summed E-state index contributed by atoms with van der Waals surface area (Å²) in [5.41, 5.74) is 2.17. The van der Waals surface area contributed by atoms with Gasteiger partial charge in [0.05, 0.1) is 24.6 Å². The number of hydrogen-bond acceptors (Lipinski definition) is 6. The van der Waals surface area contributed by atoms with Crippen molar-refractivity contribution in [2.45, 2.75) is 12.8 Å². The summed E-state index contributed by atoms with van der Waals surface area (Å²) in [6.45, 7) is -0.0153. The van der Waals surface area contributed by atoms with Gasteiger partial charge in [-0.3, -0.25) is 9.10 Å². The van der Waals surface area contributed by atoms with Crippen LogP contribution in [0.2, 0.25) is 0 Å². The van der Waals surface area contributed by atoms with E-state index in [1.54, 1.807) is 43.5 Å². The number of carbonyl (C=O) groups excluding carboxylic acids is 2. The first-order chi connectivity index (χ1) is 13.8. The Morgan fingerprint density at radius 1 is 1.14 bits per heavy atom. The fraction of sp³-hybridized carbons (Fsp3) is 0.300. The zero-order valence-electron chi connectivity index (χ0n) is 16.2. The summed E-state index contributed by atoms with van der Waals surface area (Å²) in [4.78, 5) is 24.3. The van der Waals surface area contributed by atoms with Crippen molar-refractivity contribution in [1.29, 1.82) is 0 Å². The molecule has 9 heteroatoms. The molecule has 0 radical (unpaired) electrons. The number of amides is 1. The number of ether oxygens (including phenoxy) is 2. The number of methoxy groups -OCH3 is 1. The molecule has 2 aromatic rings. The average molecular weight is 418 g/mol. The van der Waals surface area contributed by atoms with Gasteiger partial charge in [0, 0.05) is 12.2 Å². The lowest BCUT2D eigenvalue weighted by atomic mass is 10.0. The molecule has 0 aliphatic carbocycles. The van der Waals surface area contributed by atoms with E-state index in [1.165, 1.54) is 10.4 Å². The second kappa shape index (κ2) is 8.52. The van der Waals surface area contributed by atoms with Crippen LogP contribution in [0.15, 0.2) is 42.5 Å². The van der Waals surface area contributed by atoms with Crippen LogP contribution in [0.3, 0.4) is 0 Å². The van der Waals surface area contributed by atoms with Crippen molar-refractivity contribution >= 4 is 33.3 Å². The molecule has 0 aromatic heterocycles. The first-order valence-corrected chi connectivity index (χ1v) is 10.8. The van der Waals surface area contributed by atoms with Gasteiger partial charge in [-0.25, -0.2) is 13.2 Å². The fourth-order valence-corrected chi connectivity index (χ4v) is 4.12. The molecule has 0 saturated heterocycles. The molecule has 1 heterocycles. The summed E-state index contributed by atoms with van der Waals surface area (Å²) in [6.07, 6.45) is 2.50. The van der Waals surface area contributed by atoms with Crippen LogP contribution in [0.1, 0.15) is 22.3 Å². The highest BCUT2D eigenvalue weighted by molar-refractivity contribution is 7.92. The number of fused-ring (bicyclic) bond motifs is 1. The number of hydrogen-bond donors (Lipinski definition) is 1. The molecular formula is C20H22N2O6S. The van der Waals surface area contributed by atoms with E-state index in [4.69, 9.17) is 9.47 Å². The quantitative estimate of drug-likeness (QED) is 0.722. The molecule has 8 nitrogen and oxygen atoms in total. The number of rotatable bonds is 6. The maximum atomic E-state index is 12.3. The van der Waals surface area contributed by atoms with Gasteiger partial charge in [0.1, 0.15) is 5.75 Å². The molecule has 0 spiro atoms. The van der Waals surface area contributed by atoms with Gasteiger partial charge in [-0.05, 0) is 60.9 Å². The van der Waals surface area contributed by atoms with Crippen molar-refractivity contribution in [3.05, 3.63) is 53.6 Å². The van der Waals surface area contributed by atoms with Crippen molar-refractivity contribution in [2.24, 2.45) is 0 Å². The highest BCUT2D eigenvalue weighted by Gasteiger charge is 2.25. The van der Waals surface area contributed by atoms with Crippen LogP contribution in [-0.2, 0) is 26.0 Å². The highest BCUT2D eigenvalue weighted by Crippen LogP contribution is 2.30. The molecule has 0 unspecified atom stereocenters. The van der Waals surface area contributed by atoms with E-state index in [9.17, 15) is 18.0 Å². The van der Waals surface area contributed by atoms with Gasteiger partial charge < -0.3 is 14.8 Å². The van der Waals surface area contributed by atoms with Crippen molar-refractivity contribution in [1.82, 2.24) is 0 Å². The summed E-state index contributed by atoms with van der Waals surface area (Å²) in [5.74, 6) is -0.449. The van der Waals surface area contributed by atoms with Crippen molar-refractivity contribution < 1.29 is 27.5 Å². The summed E-state index contributed by atoms with van der Waals surface area (Å²) in [5, 5.41) is 2.63. The van der Waals surface area contributed by atoms with E-state index < -0.39 is 28.5 Å². The third kappa shape index (κ3) is 5.05. The molecule has 1 aliphatic rings. The summed E-state index contributed by atoms with van der Waals surface area (Å²) in [6, 6.07) is 11.5. The molecule has 29 heavy (non-hydrogen) atoms. The Morgan fingerprint density at radius 3 is 2.52 bits per heavy atom. The van der Waals surface area contributed by atoms with Crippen LogP contribution < -0.4 is 14.4 Å². The van der Waals surface area contributed by atoms with Gasteiger partial charge in [0.2, 0.25) is 10.0 Å². The van der Waals surface area contributed by atoms with E-state index in [1.807, 2.05) is 0 Å². The molecule has 1 N–H and O–H groups in total. The molecule has 0 bridgehead atoms. The lowest BCUT2D eigenvalue weighted by Crippen LogP contribution is -2.34. The molecule has 3 rings (SSSR count). The van der Waals surface area contributed by atoms with E-state index >= 15 is 0 Å². The third-order valence-electron chi connectivity index (χ3n) is 4.50. The second-order valence-corrected chi connectivity index (χ2v) is 8.54. The minimum atomic E-state index is -3.37. The molecule has 0 atom stereocenters. The number of esters is 1. The van der Waals surface area contributed by atoms with Gasteiger partial charge in [0.25, 0.3) is 5.91 Å². The molecular weight excluding hydrogens is 396 g/mol. The zero-order valence-corrected chi connectivity index (χ0v) is 17.0.